The number of hydrogen-bond acceptors (Lipinski definition) is 7. The molecule has 0 fully saturated rings. The molecule has 8 nitrogen and oxygen atoms in total. The number of aryl methyl sites for hydroxylation is 1. The fraction of sp³-hybridized carbons (Fsp3) is 0.692. The molecular weight excluding hydrogens is 274 g/mol. The normalized spacial score (nSPS) is 10.7. The highest BCUT2D eigenvalue weighted by Crippen LogP contribution is 2.31. The van der Waals surface area contributed by atoms with Crippen molar-refractivity contribution in [2.75, 3.05) is 38.6 Å². The predicted molar refractivity (Wildman–Crippen MR) is 80.9 cm³/mol. The minimum absolute atomic E-state index is 0.0151. The fourth-order valence-electron chi connectivity index (χ4n) is 2.02. The number of ether oxygens (including phenoxy) is 1. The molecule has 0 saturated heterocycles. The summed E-state index contributed by atoms with van der Waals surface area (Å²) in [6, 6.07) is 0. The SMILES string of the molecule is CCN(CC)CCCNc1nc(C)nc(OC)c1[N+](=O)[O-]. The van der Waals surface area contributed by atoms with Crippen molar-refractivity contribution < 1.29 is 9.66 Å². The monoisotopic (exact) mass is 297 g/mol. The second kappa shape index (κ2) is 8.35. The van der Waals surface area contributed by atoms with Crippen LogP contribution < -0.4 is 10.1 Å². The van der Waals surface area contributed by atoms with Crippen molar-refractivity contribution in [1.29, 1.82) is 0 Å². The molecule has 1 rings (SSSR count). The standard InChI is InChI=1S/C13H23N5O3/c1-5-17(6-2)9-7-8-14-12-11(18(19)20)13(21-4)16-10(3)15-12/h5-9H2,1-4H3,(H,14,15,16). The summed E-state index contributed by atoms with van der Waals surface area (Å²) in [7, 11) is 1.36. The minimum atomic E-state index is -0.523. The molecule has 21 heavy (non-hydrogen) atoms. The smallest absolute Gasteiger partial charge is 0.372 e. The number of nitro groups is 1. The molecule has 118 valence electrons. The van der Waals surface area contributed by atoms with E-state index in [9.17, 15) is 10.1 Å². The number of aromatic nitrogens is 2. The number of methoxy groups -OCH3 is 1. The molecule has 0 saturated carbocycles. The quantitative estimate of drug-likeness (QED) is 0.422. The van der Waals surface area contributed by atoms with Crippen molar-refractivity contribution in [3.63, 3.8) is 0 Å². The molecule has 0 aliphatic carbocycles. The zero-order valence-electron chi connectivity index (χ0n) is 13.0. The number of nitrogens with one attached hydrogen (secondary N) is 1. The Balaban J connectivity index is 2.74. The predicted octanol–water partition coefficient (Wildman–Crippen LogP) is 1.85. The Bertz CT molecular complexity index is 477. The Labute approximate surface area is 124 Å². The molecular formula is C13H23N5O3. The highest BCUT2D eigenvalue weighted by molar-refractivity contribution is 5.61. The Hall–Kier alpha value is -1.96. The van der Waals surface area contributed by atoms with E-state index in [1.165, 1.54) is 7.11 Å². The average molecular weight is 297 g/mol. The highest BCUT2D eigenvalue weighted by Gasteiger charge is 2.24. The second-order valence-electron chi connectivity index (χ2n) is 4.54. The molecule has 1 N–H and O–H groups in total. The van der Waals surface area contributed by atoms with E-state index in [4.69, 9.17) is 4.74 Å². The van der Waals surface area contributed by atoms with Crippen molar-refractivity contribution in [2.45, 2.75) is 27.2 Å². The second-order valence-corrected chi connectivity index (χ2v) is 4.54. The molecule has 1 heterocycles. The van der Waals surface area contributed by atoms with Crippen molar-refractivity contribution >= 4 is 11.5 Å². The molecule has 0 unspecified atom stereocenters. The lowest BCUT2D eigenvalue weighted by atomic mass is 10.3. The maximum Gasteiger partial charge on any atom is 0.372 e. The van der Waals surface area contributed by atoms with Crippen LogP contribution in [-0.4, -0.2) is 53.1 Å². The summed E-state index contributed by atoms with van der Waals surface area (Å²) >= 11 is 0. The van der Waals surface area contributed by atoms with E-state index in [0.29, 0.717) is 12.4 Å². The van der Waals surface area contributed by atoms with Crippen LogP contribution in [0.4, 0.5) is 11.5 Å². The molecule has 0 bridgehead atoms. The van der Waals surface area contributed by atoms with Crippen LogP contribution in [0.25, 0.3) is 0 Å². The Morgan fingerprint density at radius 3 is 2.52 bits per heavy atom. The van der Waals surface area contributed by atoms with Gasteiger partial charge in [0, 0.05) is 6.54 Å². The van der Waals surface area contributed by atoms with Crippen LogP contribution in [0.15, 0.2) is 0 Å². The number of nitrogens with zero attached hydrogens (tertiary/aromatic N) is 4. The minimum Gasteiger partial charge on any atom is -0.476 e. The van der Waals surface area contributed by atoms with Gasteiger partial charge in [-0.2, -0.15) is 4.98 Å². The number of anilines is 1. The van der Waals surface area contributed by atoms with Gasteiger partial charge < -0.3 is 15.0 Å². The van der Waals surface area contributed by atoms with E-state index in [1.807, 2.05) is 0 Å². The van der Waals surface area contributed by atoms with Gasteiger partial charge in [0.05, 0.1) is 12.0 Å². The van der Waals surface area contributed by atoms with E-state index in [1.54, 1.807) is 6.92 Å². The van der Waals surface area contributed by atoms with E-state index >= 15 is 0 Å². The molecule has 0 aliphatic heterocycles. The van der Waals surface area contributed by atoms with E-state index < -0.39 is 4.92 Å². The number of hydrogen-bond donors (Lipinski definition) is 1. The molecule has 1 aromatic rings. The molecule has 0 radical (unpaired) electrons. The van der Waals surface area contributed by atoms with Gasteiger partial charge in [-0.05, 0) is 33.0 Å². The van der Waals surface area contributed by atoms with Crippen molar-refractivity contribution in [3.8, 4) is 5.88 Å². The first-order valence-electron chi connectivity index (χ1n) is 7.06. The molecule has 0 atom stereocenters. The summed E-state index contributed by atoms with van der Waals surface area (Å²) in [6.45, 7) is 9.44. The lowest BCUT2D eigenvalue weighted by Crippen LogP contribution is -2.25. The maximum absolute atomic E-state index is 11.1. The van der Waals surface area contributed by atoms with Gasteiger partial charge >= 0.3 is 5.69 Å². The molecule has 0 spiro atoms. The van der Waals surface area contributed by atoms with Gasteiger partial charge in [0.2, 0.25) is 5.82 Å². The first-order chi connectivity index (χ1) is 10.0. The van der Waals surface area contributed by atoms with Gasteiger partial charge in [0.25, 0.3) is 5.88 Å². The van der Waals surface area contributed by atoms with Gasteiger partial charge in [-0.3, -0.25) is 10.1 Å². The van der Waals surface area contributed by atoms with Crippen LogP contribution in [-0.2, 0) is 0 Å². The van der Waals surface area contributed by atoms with Crippen molar-refractivity contribution in [2.24, 2.45) is 0 Å². The Morgan fingerprint density at radius 2 is 2.00 bits per heavy atom. The third-order valence-electron chi connectivity index (χ3n) is 3.18. The van der Waals surface area contributed by atoms with Crippen LogP contribution >= 0.6 is 0 Å². The van der Waals surface area contributed by atoms with Crippen molar-refractivity contribution in [3.05, 3.63) is 15.9 Å². The summed E-state index contributed by atoms with van der Waals surface area (Å²) in [4.78, 5) is 21.0. The summed E-state index contributed by atoms with van der Waals surface area (Å²) < 4.78 is 4.97. The molecule has 0 aliphatic rings. The summed E-state index contributed by atoms with van der Waals surface area (Å²) in [5.41, 5.74) is -0.217. The molecule has 0 aromatic carbocycles. The maximum atomic E-state index is 11.1. The van der Waals surface area contributed by atoms with Gasteiger partial charge in [-0.25, -0.2) is 4.98 Å². The first-order valence-corrected chi connectivity index (χ1v) is 7.06. The van der Waals surface area contributed by atoms with E-state index in [0.717, 1.165) is 26.1 Å². The molecule has 0 amide bonds. The first kappa shape index (κ1) is 17.1. The topological polar surface area (TPSA) is 93.4 Å². The fourth-order valence-corrected chi connectivity index (χ4v) is 2.02. The van der Waals surface area contributed by atoms with Gasteiger partial charge in [-0.15, -0.1) is 0 Å². The van der Waals surface area contributed by atoms with Crippen LogP contribution in [0.2, 0.25) is 0 Å². The average Bonchev–Trinajstić information content (AvgIpc) is 2.46. The number of rotatable bonds is 9. The van der Waals surface area contributed by atoms with Gasteiger partial charge in [0.15, 0.2) is 0 Å². The van der Waals surface area contributed by atoms with Crippen molar-refractivity contribution in [1.82, 2.24) is 14.9 Å². The van der Waals surface area contributed by atoms with E-state index in [-0.39, 0.29) is 17.4 Å². The summed E-state index contributed by atoms with van der Waals surface area (Å²) in [5, 5.41) is 14.2. The molecule has 1 aromatic heterocycles. The lowest BCUT2D eigenvalue weighted by molar-refractivity contribution is -0.385. The zero-order chi connectivity index (χ0) is 15.8. The van der Waals surface area contributed by atoms with Crippen LogP contribution in [0.5, 0.6) is 5.88 Å². The third-order valence-corrected chi connectivity index (χ3v) is 3.18. The molecule has 8 heteroatoms. The Morgan fingerprint density at radius 1 is 1.33 bits per heavy atom. The zero-order valence-corrected chi connectivity index (χ0v) is 13.0. The highest BCUT2D eigenvalue weighted by atomic mass is 16.6. The largest absolute Gasteiger partial charge is 0.476 e. The van der Waals surface area contributed by atoms with Crippen LogP contribution in [0.1, 0.15) is 26.1 Å². The summed E-state index contributed by atoms with van der Waals surface area (Å²) in [5.74, 6) is 0.631. The lowest BCUT2D eigenvalue weighted by Gasteiger charge is -2.17. The van der Waals surface area contributed by atoms with Gasteiger partial charge in [-0.1, -0.05) is 13.8 Å². The van der Waals surface area contributed by atoms with Gasteiger partial charge in [0.1, 0.15) is 5.82 Å². The summed E-state index contributed by atoms with van der Waals surface area (Å²) in [6.07, 6.45) is 0.879. The van der Waals surface area contributed by atoms with Crippen LogP contribution in [0.3, 0.4) is 0 Å². The Kier molecular flexibility index (Phi) is 6.80. The van der Waals surface area contributed by atoms with Crippen LogP contribution in [0, 0.1) is 17.0 Å². The third kappa shape index (κ3) is 4.82. The van der Waals surface area contributed by atoms with E-state index in [2.05, 4.69) is 34.0 Å².